The number of rotatable bonds is 9. The van der Waals surface area contributed by atoms with Gasteiger partial charge in [0.15, 0.2) is 6.61 Å². The topological polar surface area (TPSA) is 87.0 Å². The molecule has 3 rings (SSSR count). The summed E-state index contributed by atoms with van der Waals surface area (Å²) in [7, 11) is 3.20. The standard InChI is InChI=1S/C23H25BrN4O4/c1-15-23(24)16(2)28(27-15)13-18-10-17(8-9-21(18)31-4)12-25-26-22(29)14-32-20-7-5-6-19(11-20)30-3/h5-12H,13-14H2,1-4H3,(H,26,29)/b25-12+. The van der Waals surface area contributed by atoms with Crippen LogP contribution in [0.3, 0.4) is 0 Å². The van der Waals surface area contributed by atoms with Gasteiger partial charge in [0.25, 0.3) is 5.91 Å². The van der Waals surface area contributed by atoms with Gasteiger partial charge in [0.1, 0.15) is 17.2 Å². The second-order valence-corrected chi connectivity index (χ2v) is 7.77. The lowest BCUT2D eigenvalue weighted by atomic mass is 10.1. The van der Waals surface area contributed by atoms with E-state index in [1.165, 1.54) is 0 Å². The number of carbonyl (C=O) groups is 1. The molecule has 8 nitrogen and oxygen atoms in total. The molecule has 32 heavy (non-hydrogen) atoms. The van der Waals surface area contributed by atoms with Gasteiger partial charge in [0.2, 0.25) is 0 Å². The molecule has 2 aromatic carbocycles. The number of hydrogen-bond donors (Lipinski definition) is 1. The van der Waals surface area contributed by atoms with Crippen molar-refractivity contribution in [2.24, 2.45) is 5.10 Å². The Morgan fingerprint density at radius 2 is 1.94 bits per heavy atom. The van der Waals surface area contributed by atoms with E-state index < -0.39 is 0 Å². The number of aromatic nitrogens is 2. The van der Waals surface area contributed by atoms with E-state index in [1.807, 2.05) is 36.7 Å². The minimum absolute atomic E-state index is 0.162. The van der Waals surface area contributed by atoms with Gasteiger partial charge in [0, 0.05) is 11.6 Å². The zero-order valence-electron chi connectivity index (χ0n) is 18.4. The number of ether oxygens (including phenoxy) is 3. The lowest BCUT2D eigenvalue weighted by Crippen LogP contribution is -2.24. The van der Waals surface area contributed by atoms with Crippen LogP contribution in [0.15, 0.2) is 52.0 Å². The molecule has 0 radical (unpaired) electrons. The van der Waals surface area contributed by atoms with E-state index in [0.717, 1.165) is 32.7 Å². The van der Waals surface area contributed by atoms with Crippen molar-refractivity contribution in [3.05, 3.63) is 69.5 Å². The van der Waals surface area contributed by atoms with E-state index in [0.29, 0.717) is 18.0 Å². The number of halogens is 1. The molecule has 168 valence electrons. The van der Waals surface area contributed by atoms with Crippen molar-refractivity contribution in [1.29, 1.82) is 0 Å². The van der Waals surface area contributed by atoms with Crippen LogP contribution in [0.25, 0.3) is 0 Å². The quantitative estimate of drug-likeness (QED) is 0.356. The fourth-order valence-corrected chi connectivity index (χ4v) is 3.33. The summed E-state index contributed by atoms with van der Waals surface area (Å²) in [4.78, 5) is 12.0. The maximum atomic E-state index is 12.0. The number of carbonyl (C=O) groups excluding carboxylic acids is 1. The molecule has 0 fully saturated rings. The summed E-state index contributed by atoms with van der Waals surface area (Å²) in [6.45, 7) is 4.34. The van der Waals surface area contributed by atoms with Gasteiger partial charge < -0.3 is 14.2 Å². The average Bonchev–Trinajstić information content (AvgIpc) is 3.04. The smallest absolute Gasteiger partial charge is 0.277 e. The molecule has 0 saturated heterocycles. The van der Waals surface area contributed by atoms with E-state index >= 15 is 0 Å². The molecule has 0 bridgehead atoms. The number of methoxy groups -OCH3 is 2. The van der Waals surface area contributed by atoms with Crippen LogP contribution in [0, 0.1) is 13.8 Å². The Kier molecular flexibility index (Phi) is 7.88. The molecule has 1 N–H and O–H groups in total. The van der Waals surface area contributed by atoms with Crippen LogP contribution in [-0.4, -0.2) is 42.7 Å². The van der Waals surface area contributed by atoms with E-state index in [9.17, 15) is 4.79 Å². The van der Waals surface area contributed by atoms with Crippen molar-refractivity contribution in [2.75, 3.05) is 20.8 Å². The maximum Gasteiger partial charge on any atom is 0.277 e. The number of nitrogens with one attached hydrogen (secondary N) is 1. The second-order valence-electron chi connectivity index (χ2n) is 6.97. The number of hydrogen-bond acceptors (Lipinski definition) is 6. The molecule has 1 aromatic heterocycles. The normalized spacial score (nSPS) is 10.9. The zero-order chi connectivity index (χ0) is 23.1. The van der Waals surface area contributed by atoms with Crippen molar-refractivity contribution in [2.45, 2.75) is 20.4 Å². The van der Waals surface area contributed by atoms with E-state index in [-0.39, 0.29) is 12.5 Å². The monoisotopic (exact) mass is 500 g/mol. The third-order valence-electron chi connectivity index (χ3n) is 4.73. The minimum atomic E-state index is -0.370. The molecular weight excluding hydrogens is 476 g/mol. The average molecular weight is 501 g/mol. The SMILES string of the molecule is COc1cccc(OCC(=O)N/N=C/c2ccc(OC)c(Cn3nc(C)c(Br)c3C)c2)c1. The Morgan fingerprint density at radius 3 is 2.62 bits per heavy atom. The van der Waals surface area contributed by atoms with Crippen LogP contribution in [0.2, 0.25) is 0 Å². The number of hydrazone groups is 1. The Balaban J connectivity index is 1.62. The van der Waals surface area contributed by atoms with Crippen molar-refractivity contribution in [1.82, 2.24) is 15.2 Å². The molecule has 0 unspecified atom stereocenters. The molecule has 0 aliphatic heterocycles. The number of aryl methyl sites for hydroxylation is 1. The van der Waals surface area contributed by atoms with Gasteiger partial charge in [-0.05, 0) is 65.7 Å². The lowest BCUT2D eigenvalue weighted by molar-refractivity contribution is -0.123. The fraction of sp³-hybridized carbons (Fsp3) is 0.261. The summed E-state index contributed by atoms with van der Waals surface area (Å²) in [5, 5.41) is 8.58. The van der Waals surface area contributed by atoms with Gasteiger partial charge in [-0.1, -0.05) is 6.07 Å². The highest BCUT2D eigenvalue weighted by Crippen LogP contribution is 2.24. The first-order valence-corrected chi connectivity index (χ1v) is 10.7. The Labute approximate surface area is 195 Å². The summed E-state index contributed by atoms with van der Waals surface area (Å²) < 4.78 is 19.0. The highest BCUT2D eigenvalue weighted by atomic mass is 79.9. The fourth-order valence-electron chi connectivity index (χ4n) is 3.04. The van der Waals surface area contributed by atoms with Crippen LogP contribution in [0.1, 0.15) is 22.5 Å². The second kappa shape index (κ2) is 10.8. The van der Waals surface area contributed by atoms with Gasteiger partial charge >= 0.3 is 0 Å². The summed E-state index contributed by atoms with van der Waals surface area (Å²) in [6, 6.07) is 12.7. The minimum Gasteiger partial charge on any atom is -0.497 e. The number of nitrogens with zero attached hydrogens (tertiary/aromatic N) is 3. The molecular formula is C23H25BrN4O4. The van der Waals surface area contributed by atoms with Crippen LogP contribution in [0.5, 0.6) is 17.2 Å². The summed E-state index contributed by atoms with van der Waals surface area (Å²) >= 11 is 3.55. The van der Waals surface area contributed by atoms with Crippen molar-refractivity contribution < 1.29 is 19.0 Å². The molecule has 0 atom stereocenters. The van der Waals surface area contributed by atoms with Crippen LogP contribution < -0.4 is 19.6 Å². The van der Waals surface area contributed by atoms with Gasteiger partial charge in [0.05, 0.1) is 42.8 Å². The third kappa shape index (κ3) is 5.88. The van der Waals surface area contributed by atoms with Crippen LogP contribution in [0.4, 0.5) is 0 Å². The molecule has 1 amide bonds. The largest absolute Gasteiger partial charge is 0.497 e. The van der Waals surface area contributed by atoms with E-state index in [2.05, 4.69) is 31.6 Å². The lowest BCUT2D eigenvalue weighted by Gasteiger charge is -2.11. The maximum absolute atomic E-state index is 12.0. The van der Waals surface area contributed by atoms with E-state index in [1.54, 1.807) is 44.7 Å². The van der Waals surface area contributed by atoms with Gasteiger partial charge in [-0.3, -0.25) is 9.48 Å². The van der Waals surface area contributed by atoms with Crippen molar-refractivity contribution >= 4 is 28.1 Å². The Hall–Kier alpha value is -3.33. The molecule has 3 aromatic rings. The van der Waals surface area contributed by atoms with Crippen LogP contribution in [-0.2, 0) is 11.3 Å². The molecule has 0 spiro atoms. The summed E-state index contributed by atoms with van der Waals surface area (Å²) in [5.41, 5.74) is 6.19. The third-order valence-corrected chi connectivity index (χ3v) is 5.88. The Bertz CT molecular complexity index is 1130. The number of amides is 1. The summed E-state index contributed by atoms with van der Waals surface area (Å²) in [6.07, 6.45) is 1.57. The first kappa shape index (κ1) is 23.3. The highest BCUT2D eigenvalue weighted by Gasteiger charge is 2.12. The van der Waals surface area contributed by atoms with Gasteiger partial charge in [-0.15, -0.1) is 0 Å². The number of benzene rings is 2. The zero-order valence-corrected chi connectivity index (χ0v) is 20.0. The van der Waals surface area contributed by atoms with Crippen molar-refractivity contribution in [3.8, 4) is 17.2 Å². The van der Waals surface area contributed by atoms with Gasteiger partial charge in [-0.25, -0.2) is 5.43 Å². The summed E-state index contributed by atoms with van der Waals surface area (Å²) in [5.74, 6) is 1.58. The molecule has 0 saturated carbocycles. The molecule has 0 aliphatic rings. The van der Waals surface area contributed by atoms with E-state index in [4.69, 9.17) is 14.2 Å². The predicted octanol–water partition coefficient (Wildman–Crippen LogP) is 3.86. The van der Waals surface area contributed by atoms with Gasteiger partial charge in [-0.2, -0.15) is 10.2 Å². The molecule has 0 aliphatic carbocycles. The Morgan fingerprint density at radius 1 is 1.16 bits per heavy atom. The highest BCUT2D eigenvalue weighted by molar-refractivity contribution is 9.10. The van der Waals surface area contributed by atoms with Crippen LogP contribution >= 0.6 is 15.9 Å². The molecule has 1 heterocycles. The van der Waals surface area contributed by atoms with Crippen molar-refractivity contribution in [3.63, 3.8) is 0 Å². The first-order chi connectivity index (χ1) is 15.4. The first-order valence-electron chi connectivity index (χ1n) is 9.86. The predicted molar refractivity (Wildman–Crippen MR) is 126 cm³/mol. The molecule has 9 heteroatoms.